The number of benzene rings is 1. The van der Waals surface area contributed by atoms with Crippen molar-refractivity contribution in [3.05, 3.63) is 61.4 Å². The Bertz CT molecular complexity index is 1380. The molecule has 1 aromatic carbocycles. The van der Waals surface area contributed by atoms with Crippen molar-refractivity contribution in [3.8, 4) is 5.69 Å². The van der Waals surface area contributed by atoms with Crippen molar-refractivity contribution in [1.29, 1.82) is 0 Å². The van der Waals surface area contributed by atoms with E-state index in [0.717, 1.165) is 10.6 Å². The second-order valence-corrected chi connectivity index (χ2v) is 6.46. The Hall–Kier alpha value is -4.54. The average molecular weight is 401 g/mol. The molecule has 4 heterocycles. The number of nitrogen functional groups attached to an aromatic ring is 1. The zero-order chi connectivity index (χ0) is 20.7. The molecule has 0 fully saturated rings. The number of nitrogens with zero attached hydrogens (tertiary/aromatic N) is 8. The summed E-state index contributed by atoms with van der Waals surface area (Å²) in [7, 11) is 0. The van der Waals surface area contributed by atoms with Gasteiger partial charge in [0.2, 0.25) is 0 Å². The van der Waals surface area contributed by atoms with Crippen LogP contribution in [0.25, 0.3) is 28.0 Å². The lowest BCUT2D eigenvalue weighted by atomic mass is 10.3. The molecule has 11 nitrogen and oxygen atoms in total. The molecule has 0 atom stereocenters. The summed E-state index contributed by atoms with van der Waals surface area (Å²) >= 11 is 0. The predicted octanol–water partition coefficient (Wildman–Crippen LogP) is 2.28. The van der Waals surface area contributed by atoms with Gasteiger partial charge in [0.1, 0.15) is 36.2 Å². The van der Waals surface area contributed by atoms with Crippen LogP contribution in [0.1, 0.15) is 0 Å². The van der Waals surface area contributed by atoms with E-state index >= 15 is 0 Å². The van der Waals surface area contributed by atoms with Crippen molar-refractivity contribution in [2.45, 2.75) is 6.67 Å². The van der Waals surface area contributed by atoms with Crippen molar-refractivity contribution in [1.82, 2.24) is 34.1 Å². The molecule has 0 aliphatic heterocycles. The molecular weight excluding hydrogens is 386 g/mol. The monoisotopic (exact) mass is 401 g/mol. The van der Waals surface area contributed by atoms with Crippen LogP contribution >= 0.6 is 0 Å². The first-order valence-electron chi connectivity index (χ1n) is 8.93. The van der Waals surface area contributed by atoms with E-state index < -0.39 is 6.09 Å². The summed E-state index contributed by atoms with van der Waals surface area (Å²) in [5.41, 5.74) is 8.74. The van der Waals surface area contributed by atoms with Gasteiger partial charge in [0.05, 0.1) is 6.33 Å². The minimum absolute atomic E-state index is 0.0692. The van der Waals surface area contributed by atoms with Gasteiger partial charge in [-0.2, -0.15) is 0 Å². The van der Waals surface area contributed by atoms with Crippen LogP contribution in [0, 0.1) is 0 Å². The first-order chi connectivity index (χ1) is 14.6. The van der Waals surface area contributed by atoms with Crippen LogP contribution < -0.4 is 10.6 Å². The van der Waals surface area contributed by atoms with E-state index in [9.17, 15) is 9.90 Å². The minimum atomic E-state index is -1.17. The summed E-state index contributed by atoms with van der Waals surface area (Å²) in [4.78, 5) is 34.3. The van der Waals surface area contributed by atoms with Crippen LogP contribution in [0.4, 0.5) is 16.4 Å². The number of para-hydroxylation sites is 1. The molecule has 5 rings (SSSR count). The molecule has 0 aliphatic rings. The normalized spacial score (nSPS) is 11.2. The van der Waals surface area contributed by atoms with E-state index in [2.05, 4.69) is 24.9 Å². The second-order valence-electron chi connectivity index (χ2n) is 6.46. The van der Waals surface area contributed by atoms with Crippen LogP contribution in [-0.4, -0.2) is 45.3 Å². The number of rotatable bonds is 4. The second kappa shape index (κ2) is 6.81. The van der Waals surface area contributed by atoms with Gasteiger partial charge >= 0.3 is 6.09 Å². The number of imidazole rings is 2. The first-order valence-corrected chi connectivity index (χ1v) is 8.93. The Labute approximate surface area is 169 Å². The van der Waals surface area contributed by atoms with Crippen LogP contribution in [0.5, 0.6) is 0 Å². The number of aromatic nitrogens is 7. The zero-order valence-electron chi connectivity index (χ0n) is 15.5. The molecule has 11 heteroatoms. The Kier molecular flexibility index (Phi) is 3.98. The summed E-state index contributed by atoms with van der Waals surface area (Å²) in [6.07, 6.45) is 3.27. The standard InChI is InChI=1S/C19H15N9O2/c20-16-15-18(22-8-21-16)26(9-24-15)11-28(19(29)30)14-7-6-13-17(25-14)27(10-23-13)12-4-2-1-3-5-12/h1-10H,11H2,(H,29,30)(H2,20,21,22). The predicted molar refractivity (Wildman–Crippen MR) is 109 cm³/mol. The van der Waals surface area contributed by atoms with Crippen molar-refractivity contribution in [2.24, 2.45) is 0 Å². The molecule has 148 valence electrons. The van der Waals surface area contributed by atoms with Crippen molar-refractivity contribution < 1.29 is 9.90 Å². The maximum atomic E-state index is 12.0. The number of carbonyl (C=O) groups is 1. The Morgan fingerprint density at radius 3 is 2.63 bits per heavy atom. The number of hydrogen-bond acceptors (Lipinski definition) is 7. The maximum Gasteiger partial charge on any atom is 0.414 e. The van der Waals surface area contributed by atoms with E-state index in [1.165, 1.54) is 12.7 Å². The number of amides is 1. The van der Waals surface area contributed by atoms with Gasteiger partial charge in [-0.3, -0.25) is 9.13 Å². The first kappa shape index (κ1) is 17.6. The molecule has 0 aliphatic carbocycles. The van der Waals surface area contributed by atoms with Crippen LogP contribution in [0.15, 0.2) is 61.4 Å². The Balaban J connectivity index is 1.57. The summed E-state index contributed by atoms with van der Waals surface area (Å²) in [6, 6.07) is 12.9. The molecule has 1 amide bonds. The number of fused-ring (bicyclic) bond motifs is 2. The lowest BCUT2D eigenvalue weighted by molar-refractivity contribution is 0.199. The number of anilines is 2. The molecular formula is C19H15N9O2. The molecule has 0 saturated carbocycles. The van der Waals surface area contributed by atoms with Crippen molar-refractivity contribution in [2.75, 3.05) is 10.6 Å². The molecule has 3 N–H and O–H groups in total. The summed E-state index contributed by atoms with van der Waals surface area (Å²) in [5, 5.41) is 9.83. The highest BCUT2D eigenvalue weighted by molar-refractivity contribution is 5.87. The van der Waals surface area contributed by atoms with Gasteiger partial charge < -0.3 is 10.8 Å². The van der Waals surface area contributed by atoms with E-state index in [1.807, 2.05) is 30.3 Å². The quantitative estimate of drug-likeness (QED) is 0.467. The average Bonchev–Trinajstić information content (AvgIpc) is 3.37. The summed E-state index contributed by atoms with van der Waals surface area (Å²) in [5.74, 6) is 0.475. The SMILES string of the molecule is Nc1ncnc2c1ncn2CN(C(=O)O)c1ccc2ncn(-c3ccccc3)c2n1. The number of pyridine rings is 1. The van der Waals surface area contributed by atoms with Crippen LogP contribution in [0.3, 0.4) is 0 Å². The third kappa shape index (κ3) is 2.85. The van der Waals surface area contributed by atoms with Crippen LogP contribution in [0.2, 0.25) is 0 Å². The summed E-state index contributed by atoms with van der Waals surface area (Å²) < 4.78 is 3.38. The Morgan fingerprint density at radius 1 is 1.00 bits per heavy atom. The van der Waals surface area contributed by atoms with E-state index in [1.54, 1.807) is 27.6 Å². The molecule has 4 aromatic heterocycles. The lowest BCUT2D eigenvalue weighted by Gasteiger charge is -2.19. The Morgan fingerprint density at radius 2 is 1.83 bits per heavy atom. The fourth-order valence-electron chi connectivity index (χ4n) is 3.20. The minimum Gasteiger partial charge on any atom is -0.465 e. The van der Waals surface area contributed by atoms with Gasteiger partial charge in [-0.25, -0.2) is 34.6 Å². The van der Waals surface area contributed by atoms with Gasteiger partial charge in [-0.1, -0.05) is 18.2 Å². The van der Waals surface area contributed by atoms with Gasteiger partial charge in [0.25, 0.3) is 0 Å². The van der Waals surface area contributed by atoms with Crippen LogP contribution in [-0.2, 0) is 6.67 Å². The molecule has 0 radical (unpaired) electrons. The van der Waals surface area contributed by atoms with Gasteiger partial charge in [0, 0.05) is 5.69 Å². The fraction of sp³-hybridized carbons (Fsp3) is 0.0526. The van der Waals surface area contributed by atoms with E-state index in [0.29, 0.717) is 22.3 Å². The molecule has 0 unspecified atom stereocenters. The third-order valence-corrected chi connectivity index (χ3v) is 4.65. The van der Waals surface area contributed by atoms with Gasteiger partial charge in [-0.05, 0) is 24.3 Å². The molecule has 5 aromatic rings. The molecule has 0 saturated heterocycles. The lowest BCUT2D eigenvalue weighted by Crippen LogP contribution is -2.32. The molecule has 0 spiro atoms. The number of hydrogen-bond donors (Lipinski definition) is 2. The number of carboxylic acid groups (broad SMARTS) is 1. The van der Waals surface area contributed by atoms with E-state index in [4.69, 9.17) is 5.73 Å². The third-order valence-electron chi connectivity index (χ3n) is 4.65. The summed E-state index contributed by atoms with van der Waals surface area (Å²) in [6.45, 7) is -0.0692. The maximum absolute atomic E-state index is 12.0. The van der Waals surface area contributed by atoms with E-state index in [-0.39, 0.29) is 18.3 Å². The van der Waals surface area contributed by atoms with Gasteiger partial charge in [-0.15, -0.1) is 0 Å². The fourth-order valence-corrected chi connectivity index (χ4v) is 3.20. The largest absolute Gasteiger partial charge is 0.465 e. The molecule has 30 heavy (non-hydrogen) atoms. The topological polar surface area (TPSA) is 141 Å². The van der Waals surface area contributed by atoms with Crippen molar-refractivity contribution in [3.63, 3.8) is 0 Å². The highest BCUT2D eigenvalue weighted by Crippen LogP contribution is 2.22. The molecule has 0 bridgehead atoms. The smallest absolute Gasteiger partial charge is 0.414 e. The highest BCUT2D eigenvalue weighted by Gasteiger charge is 2.20. The number of nitrogens with two attached hydrogens (primary N) is 1. The van der Waals surface area contributed by atoms with Crippen molar-refractivity contribution >= 4 is 40.1 Å². The highest BCUT2D eigenvalue weighted by atomic mass is 16.4. The zero-order valence-corrected chi connectivity index (χ0v) is 15.5. The van der Waals surface area contributed by atoms with Gasteiger partial charge in [0.15, 0.2) is 17.1 Å².